The van der Waals surface area contributed by atoms with Crippen molar-refractivity contribution in [2.24, 2.45) is 10.8 Å². The number of ketones is 1. The molecule has 0 aromatic rings. The molecule has 2 nitrogen and oxygen atoms in total. The van der Waals surface area contributed by atoms with Crippen molar-refractivity contribution in [3.05, 3.63) is 11.8 Å². The van der Waals surface area contributed by atoms with Crippen LogP contribution in [-0.4, -0.2) is 54.7 Å². The van der Waals surface area contributed by atoms with Crippen LogP contribution in [0.3, 0.4) is 0 Å². The summed E-state index contributed by atoms with van der Waals surface area (Å²) in [6.45, 7) is 10.8. The molecular weight excluding hydrogens is 301 g/mol. The average molecular weight is 321 g/mol. The summed E-state index contributed by atoms with van der Waals surface area (Å²) in [5, 5.41) is 11.4. The number of rotatable bonds is 1. The molecule has 0 radical (unpaired) electrons. The second-order valence-electron chi connectivity index (χ2n) is 5.37. The van der Waals surface area contributed by atoms with Gasteiger partial charge >= 0.3 is 48.9 Å². The van der Waals surface area contributed by atoms with Crippen molar-refractivity contribution in [3.63, 3.8) is 0 Å². The fourth-order valence-corrected chi connectivity index (χ4v) is 0.552. The van der Waals surface area contributed by atoms with E-state index < -0.39 is 10.8 Å². The molecule has 0 N–H and O–H groups in total. The minimum Gasteiger partial charge on any atom is -0.875 e. The molecule has 0 bridgehead atoms. The van der Waals surface area contributed by atoms with E-state index in [1.54, 1.807) is 0 Å². The van der Waals surface area contributed by atoms with E-state index in [1.807, 2.05) is 41.5 Å². The number of carbonyl (C=O) groups is 1. The Kier molecular flexibility index (Phi) is 7.06. The normalized spacial score (nSPS) is 13.4. The third-order valence-electron chi connectivity index (χ3n) is 1.74. The molecule has 0 spiro atoms. The summed E-state index contributed by atoms with van der Waals surface area (Å²) in [7, 11) is 0. The van der Waals surface area contributed by atoms with Gasteiger partial charge in [-0.25, -0.2) is 0 Å². The van der Waals surface area contributed by atoms with E-state index in [0.29, 0.717) is 0 Å². The van der Waals surface area contributed by atoms with E-state index in [9.17, 15) is 9.90 Å². The largest absolute Gasteiger partial charge is 2.00 e. The molecule has 0 amide bonds. The molecule has 76 valence electrons. The molecule has 0 unspecified atom stereocenters. The summed E-state index contributed by atoms with van der Waals surface area (Å²) in [5.74, 6) is -0.208. The molecule has 0 heterocycles. The van der Waals surface area contributed by atoms with Gasteiger partial charge in [0.15, 0.2) is 5.78 Å². The summed E-state index contributed by atoms with van der Waals surface area (Å²) < 4.78 is 0. The number of carbonyl (C=O) groups excluding carboxylic acids is 1. The van der Waals surface area contributed by atoms with E-state index in [1.165, 1.54) is 6.08 Å². The van der Waals surface area contributed by atoms with Crippen LogP contribution in [0.2, 0.25) is 0 Å². The van der Waals surface area contributed by atoms with Crippen LogP contribution in [0, 0.1) is 10.8 Å². The molecule has 0 aromatic heterocycles. The molecule has 0 aliphatic rings. The van der Waals surface area contributed by atoms with Crippen molar-refractivity contribution in [3.8, 4) is 0 Å². The van der Waals surface area contributed by atoms with Gasteiger partial charge in [-0.15, -0.1) is 5.76 Å². The second-order valence-corrected chi connectivity index (χ2v) is 5.37. The average Bonchev–Trinajstić information content (AvgIpc) is 1.82. The van der Waals surface area contributed by atoms with Gasteiger partial charge in [0.1, 0.15) is 0 Å². The van der Waals surface area contributed by atoms with Crippen molar-refractivity contribution in [1.82, 2.24) is 0 Å². The molecular formula is C11H19BaO2+. The summed E-state index contributed by atoms with van der Waals surface area (Å²) in [5.41, 5.74) is -0.915. The van der Waals surface area contributed by atoms with Crippen LogP contribution in [0.15, 0.2) is 11.8 Å². The predicted molar refractivity (Wildman–Crippen MR) is 57.8 cm³/mol. The van der Waals surface area contributed by atoms with Gasteiger partial charge < -0.3 is 5.11 Å². The minimum absolute atomic E-state index is 0. The maximum atomic E-state index is 11.4. The Labute approximate surface area is 127 Å². The topological polar surface area (TPSA) is 40.1 Å². The fraction of sp³-hybridized carbons (Fsp3) is 0.727. The number of hydrogen-bond acceptors (Lipinski definition) is 2. The van der Waals surface area contributed by atoms with Crippen molar-refractivity contribution >= 4 is 54.7 Å². The van der Waals surface area contributed by atoms with Crippen molar-refractivity contribution in [1.29, 1.82) is 0 Å². The Balaban J connectivity index is 0. The molecule has 0 aromatic carbocycles. The Morgan fingerprint density at radius 3 is 1.57 bits per heavy atom. The van der Waals surface area contributed by atoms with Crippen molar-refractivity contribution in [2.75, 3.05) is 0 Å². The standard InChI is InChI=1S/C11H20O2.Ba/c1-10(2,3)8(12)7-9(13)11(4,5)6;/h7,12H,1-6H3;/q;+2/p-1/b8-7-;. The quantitative estimate of drug-likeness (QED) is 0.417. The third-order valence-corrected chi connectivity index (χ3v) is 1.74. The molecule has 0 saturated carbocycles. The SMILES string of the molecule is CC(C)(C)C(=O)/C=C(\[O-])C(C)(C)C.[Ba+2]. The zero-order valence-electron chi connectivity index (χ0n) is 10.1. The van der Waals surface area contributed by atoms with E-state index >= 15 is 0 Å². The first-order chi connectivity index (χ1) is 5.55. The Morgan fingerprint density at radius 1 is 1.00 bits per heavy atom. The molecule has 0 aliphatic heterocycles. The van der Waals surface area contributed by atoms with Crippen molar-refractivity contribution < 1.29 is 9.90 Å². The van der Waals surface area contributed by atoms with E-state index in [0.717, 1.165) is 0 Å². The van der Waals surface area contributed by atoms with E-state index in [-0.39, 0.29) is 60.4 Å². The predicted octanol–water partition coefficient (Wildman–Crippen LogP) is 1.51. The van der Waals surface area contributed by atoms with Gasteiger partial charge in [0.25, 0.3) is 0 Å². The zero-order chi connectivity index (χ0) is 10.9. The van der Waals surface area contributed by atoms with Crippen LogP contribution >= 0.6 is 0 Å². The molecule has 0 fully saturated rings. The molecule has 14 heavy (non-hydrogen) atoms. The molecule has 0 aliphatic carbocycles. The maximum absolute atomic E-state index is 11.4. The zero-order valence-corrected chi connectivity index (χ0v) is 14.5. The van der Waals surface area contributed by atoms with E-state index in [2.05, 4.69) is 0 Å². The van der Waals surface area contributed by atoms with Gasteiger partial charge in [0.2, 0.25) is 0 Å². The van der Waals surface area contributed by atoms with Gasteiger partial charge in [-0.05, 0) is 11.5 Å². The number of allylic oxidation sites excluding steroid dienone is 2. The maximum Gasteiger partial charge on any atom is 2.00 e. The van der Waals surface area contributed by atoms with Crippen LogP contribution in [0.5, 0.6) is 0 Å². The molecule has 0 saturated heterocycles. The molecule has 0 rings (SSSR count). The summed E-state index contributed by atoms with van der Waals surface area (Å²) >= 11 is 0. The Hall–Kier alpha value is 0.781. The summed E-state index contributed by atoms with van der Waals surface area (Å²) in [4.78, 5) is 11.4. The van der Waals surface area contributed by atoms with Crippen LogP contribution < -0.4 is 5.11 Å². The third kappa shape index (κ3) is 6.30. The van der Waals surface area contributed by atoms with Gasteiger partial charge in [-0.1, -0.05) is 41.5 Å². The smallest absolute Gasteiger partial charge is 0.875 e. The van der Waals surface area contributed by atoms with Crippen LogP contribution in [0.4, 0.5) is 0 Å². The monoisotopic (exact) mass is 321 g/mol. The van der Waals surface area contributed by atoms with E-state index in [4.69, 9.17) is 0 Å². The Morgan fingerprint density at radius 2 is 1.36 bits per heavy atom. The van der Waals surface area contributed by atoms with Crippen molar-refractivity contribution in [2.45, 2.75) is 41.5 Å². The van der Waals surface area contributed by atoms with Gasteiger partial charge in [0, 0.05) is 5.41 Å². The van der Waals surface area contributed by atoms with Gasteiger partial charge in [0.05, 0.1) is 0 Å². The summed E-state index contributed by atoms with van der Waals surface area (Å²) in [6.07, 6.45) is 1.22. The van der Waals surface area contributed by atoms with Crippen LogP contribution in [-0.2, 0) is 4.79 Å². The summed E-state index contributed by atoms with van der Waals surface area (Å²) in [6, 6.07) is 0. The van der Waals surface area contributed by atoms with Gasteiger partial charge in [-0.2, -0.15) is 0 Å². The number of hydrogen-bond donors (Lipinski definition) is 0. The fourth-order valence-electron chi connectivity index (χ4n) is 0.552. The minimum atomic E-state index is -0.457. The molecule has 3 heteroatoms. The van der Waals surface area contributed by atoms with Crippen LogP contribution in [0.25, 0.3) is 0 Å². The first-order valence-corrected chi connectivity index (χ1v) is 4.49. The van der Waals surface area contributed by atoms with Gasteiger partial charge in [-0.3, -0.25) is 4.79 Å². The Bertz CT molecular complexity index is 229. The first-order valence-electron chi connectivity index (χ1n) is 4.49. The van der Waals surface area contributed by atoms with Crippen LogP contribution in [0.1, 0.15) is 41.5 Å². The molecule has 0 atom stereocenters. The second kappa shape index (κ2) is 5.75. The first kappa shape index (κ1) is 17.2.